The number of hydrogen-bond donors (Lipinski definition) is 0. The van der Waals surface area contributed by atoms with Crippen LogP contribution >= 0.6 is 0 Å². The van der Waals surface area contributed by atoms with Crippen LogP contribution in [0.25, 0.3) is 0 Å². The Kier molecular flexibility index (Phi) is 3.87. The van der Waals surface area contributed by atoms with E-state index in [0.717, 1.165) is 4.90 Å². The number of benzene rings is 2. The molecule has 1 atom stereocenters. The predicted octanol–water partition coefficient (Wildman–Crippen LogP) is 4.24. The highest BCUT2D eigenvalue weighted by Crippen LogP contribution is 2.41. The summed E-state index contributed by atoms with van der Waals surface area (Å²) in [6.45, 7) is 5.23. The number of fused-ring (bicyclic) bond motifs is 1. The van der Waals surface area contributed by atoms with Gasteiger partial charge in [-0.3, -0.25) is 4.79 Å². The van der Waals surface area contributed by atoms with E-state index in [2.05, 4.69) is 0 Å². The number of para-hydroxylation sites is 1. The fourth-order valence-electron chi connectivity index (χ4n) is 2.79. The lowest BCUT2D eigenvalue weighted by atomic mass is 9.93. The molecule has 1 aliphatic heterocycles. The van der Waals surface area contributed by atoms with Crippen LogP contribution in [0, 0.1) is 5.82 Å². The molecule has 124 valence electrons. The van der Waals surface area contributed by atoms with Crippen LogP contribution in [0.1, 0.15) is 37.8 Å². The van der Waals surface area contributed by atoms with Crippen molar-refractivity contribution in [1.29, 1.82) is 0 Å². The number of carbonyl (C=O) groups is 2. The van der Waals surface area contributed by atoms with E-state index in [4.69, 9.17) is 4.74 Å². The van der Waals surface area contributed by atoms with Crippen molar-refractivity contribution >= 4 is 17.7 Å². The van der Waals surface area contributed by atoms with Crippen LogP contribution in [0.3, 0.4) is 0 Å². The Bertz CT molecular complexity index is 793. The van der Waals surface area contributed by atoms with Gasteiger partial charge in [0.15, 0.2) is 0 Å². The van der Waals surface area contributed by atoms with Gasteiger partial charge in [0.25, 0.3) is 0 Å². The number of anilines is 1. The fourth-order valence-corrected chi connectivity index (χ4v) is 2.79. The summed E-state index contributed by atoms with van der Waals surface area (Å²) in [7, 11) is 0. The molecule has 2 aromatic carbocycles. The summed E-state index contributed by atoms with van der Waals surface area (Å²) in [6, 6.07) is 12.8. The van der Waals surface area contributed by atoms with Gasteiger partial charge < -0.3 is 4.74 Å². The minimum Gasteiger partial charge on any atom is -0.443 e. The van der Waals surface area contributed by atoms with Gasteiger partial charge in [0, 0.05) is 0 Å². The van der Waals surface area contributed by atoms with Gasteiger partial charge in [-0.25, -0.2) is 14.1 Å². The van der Waals surface area contributed by atoms with E-state index < -0.39 is 23.5 Å². The summed E-state index contributed by atoms with van der Waals surface area (Å²) in [5.74, 6) is -1.41. The normalized spacial score (nSPS) is 16.9. The molecule has 2 amide bonds. The van der Waals surface area contributed by atoms with Crippen molar-refractivity contribution in [3.8, 4) is 0 Å². The van der Waals surface area contributed by atoms with Crippen LogP contribution in [0.5, 0.6) is 0 Å². The van der Waals surface area contributed by atoms with E-state index in [1.54, 1.807) is 57.2 Å². The van der Waals surface area contributed by atoms with Crippen LogP contribution in [0.4, 0.5) is 14.9 Å². The Morgan fingerprint density at radius 2 is 1.71 bits per heavy atom. The summed E-state index contributed by atoms with van der Waals surface area (Å²) in [5, 5.41) is 0. The molecule has 0 aromatic heterocycles. The molecule has 0 saturated carbocycles. The fraction of sp³-hybridized carbons (Fsp3) is 0.263. The van der Waals surface area contributed by atoms with Crippen LogP contribution in [-0.2, 0) is 9.53 Å². The van der Waals surface area contributed by atoms with E-state index in [-0.39, 0.29) is 5.82 Å². The molecular formula is C19H18FNO3. The third kappa shape index (κ3) is 2.89. The van der Waals surface area contributed by atoms with Crippen molar-refractivity contribution < 1.29 is 18.7 Å². The molecule has 0 unspecified atom stereocenters. The van der Waals surface area contributed by atoms with Crippen LogP contribution in [0.15, 0.2) is 48.5 Å². The number of halogens is 1. The van der Waals surface area contributed by atoms with Gasteiger partial charge in [0.1, 0.15) is 11.4 Å². The molecule has 4 nitrogen and oxygen atoms in total. The van der Waals surface area contributed by atoms with Gasteiger partial charge >= 0.3 is 6.09 Å². The molecular weight excluding hydrogens is 309 g/mol. The first-order valence-electron chi connectivity index (χ1n) is 7.69. The van der Waals surface area contributed by atoms with Crippen molar-refractivity contribution in [2.75, 3.05) is 4.90 Å². The molecule has 0 N–H and O–H groups in total. The minimum absolute atomic E-state index is 0.374. The summed E-state index contributed by atoms with van der Waals surface area (Å²) >= 11 is 0. The number of carbonyl (C=O) groups excluding carboxylic acids is 2. The van der Waals surface area contributed by atoms with Gasteiger partial charge in [0.05, 0.1) is 11.6 Å². The Morgan fingerprint density at radius 1 is 1.08 bits per heavy atom. The number of ether oxygens (including phenoxy) is 1. The molecule has 24 heavy (non-hydrogen) atoms. The maximum absolute atomic E-state index is 13.2. The Morgan fingerprint density at radius 3 is 2.33 bits per heavy atom. The summed E-state index contributed by atoms with van der Waals surface area (Å²) in [5.41, 5.74) is 1.14. The first kappa shape index (κ1) is 16.2. The number of amides is 2. The highest BCUT2D eigenvalue weighted by atomic mass is 19.1. The number of hydrogen-bond acceptors (Lipinski definition) is 3. The summed E-state index contributed by atoms with van der Waals surface area (Å²) in [6.07, 6.45) is -0.704. The molecule has 0 bridgehead atoms. The third-order valence-electron chi connectivity index (χ3n) is 3.74. The van der Waals surface area contributed by atoms with Crippen LogP contribution in [-0.4, -0.2) is 17.6 Å². The molecule has 1 aliphatic rings. The van der Waals surface area contributed by atoms with Gasteiger partial charge in [-0.15, -0.1) is 0 Å². The summed E-state index contributed by atoms with van der Waals surface area (Å²) < 4.78 is 18.5. The largest absolute Gasteiger partial charge is 0.443 e. The smallest absolute Gasteiger partial charge is 0.421 e. The highest BCUT2D eigenvalue weighted by molar-refractivity contribution is 6.20. The quantitative estimate of drug-likeness (QED) is 0.787. The average Bonchev–Trinajstić information content (AvgIpc) is 2.78. The number of nitrogens with zero attached hydrogens (tertiary/aromatic N) is 1. The van der Waals surface area contributed by atoms with E-state index in [0.29, 0.717) is 16.8 Å². The molecule has 0 radical (unpaired) electrons. The van der Waals surface area contributed by atoms with Crippen molar-refractivity contribution in [1.82, 2.24) is 0 Å². The third-order valence-corrected chi connectivity index (χ3v) is 3.74. The maximum atomic E-state index is 13.2. The van der Waals surface area contributed by atoms with Gasteiger partial charge in [0.2, 0.25) is 5.91 Å². The lowest BCUT2D eigenvalue weighted by Gasteiger charge is -2.24. The molecule has 2 aromatic rings. The van der Waals surface area contributed by atoms with Gasteiger partial charge in [-0.2, -0.15) is 0 Å². The first-order chi connectivity index (χ1) is 11.3. The summed E-state index contributed by atoms with van der Waals surface area (Å²) in [4.78, 5) is 26.5. The van der Waals surface area contributed by atoms with Crippen molar-refractivity contribution in [2.45, 2.75) is 32.3 Å². The topological polar surface area (TPSA) is 46.6 Å². The van der Waals surface area contributed by atoms with E-state index in [1.165, 1.54) is 12.1 Å². The van der Waals surface area contributed by atoms with Crippen LogP contribution in [0.2, 0.25) is 0 Å². The highest BCUT2D eigenvalue weighted by Gasteiger charge is 2.43. The number of imide groups is 1. The molecule has 0 aliphatic carbocycles. The molecule has 5 heteroatoms. The van der Waals surface area contributed by atoms with E-state index >= 15 is 0 Å². The van der Waals surface area contributed by atoms with Crippen molar-refractivity contribution in [3.63, 3.8) is 0 Å². The SMILES string of the molecule is CC(C)(C)OC(=O)N1C(=O)[C@H](c2ccc(F)cc2)c2ccccc21. The predicted molar refractivity (Wildman–Crippen MR) is 88.4 cm³/mol. The molecule has 1 heterocycles. The van der Waals surface area contributed by atoms with E-state index in [9.17, 15) is 14.0 Å². The second-order valence-electron chi connectivity index (χ2n) is 6.70. The van der Waals surface area contributed by atoms with Crippen LogP contribution < -0.4 is 4.90 Å². The average molecular weight is 327 g/mol. The maximum Gasteiger partial charge on any atom is 0.421 e. The molecule has 0 fully saturated rings. The zero-order chi connectivity index (χ0) is 17.5. The first-order valence-corrected chi connectivity index (χ1v) is 7.69. The second kappa shape index (κ2) is 5.74. The monoisotopic (exact) mass is 327 g/mol. The van der Waals surface area contributed by atoms with Gasteiger partial charge in [-0.1, -0.05) is 30.3 Å². The Balaban J connectivity index is 2.04. The zero-order valence-electron chi connectivity index (χ0n) is 13.7. The van der Waals surface area contributed by atoms with Crippen molar-refractivity contribution in [3.05, 3.63) is 65.5 Å². The number of rotatable bonds is 1. The van der Waals surface area contributed by atoms with Gasteiger partial charge in [-0.05, 0) is 50.1 Å². The Labute approximate surface area is 139 Å². The second-order valence-corrected chi connectivity index (χ2v) is 6.70. The van der Waals surface area contributed by atoms with Crippen molar-refractivity contribution in [2.24, 2.45) is 0 Å². The van der Waals surface area contributed by atoms with E-state index in [1.807, 2.05) is 0 Å². The molecule has 0 saturated heterocycles. The molecule has 3 rings (SSSR count). The minimum atomic E-state index is -0.708. The molecule has 0 spiro atoms. The zero-order valence-corrected chi connectivity index (χ0v) is 13.7. The standard InChI is InChI=1S/C19H18FNO3/c1-19(2,3)24-18(23)21-15-7-5-4-6-14(15)16(17(21)22)12-8-10-13(20)11-9-12/h4-11,16H,1-3H3/t16-/m1/s1. The lowest BCUT2D eigenvalue weighted by molar-refractivity contribution is -0.118. The lowest BCUT2D eigenvalue weighted by Crippen LogP contribution is -2.39. The Hall–Kier alpha value is -2.69.